The fourth-order valence-corrected chi connectivity index (χ4v) is 7.91. The summed E-state index contributed by atoms with van der Waals surface area (Å²) in [6.45, 7) is 0. The van der Waals surface area contributed by atoms with Gasteiger partial charge >= 0.3 is 6.03 Å². The minimum Gasteiger partial charge on any atom is -0.504 e. The zero-order valence-corrected chi connectivity index (χ0v) is 18.6. The van der Waals surface area contributed by atoms with Crippen LogP contribution in [0.5, 0.6) is 5.75 Å². The Morgan fingerprint density at radius 2 is 1.97 bits per heavy atom. The van der Waals surface area contributed by atoms with Gasteiger partial charge in [-0.1, -0.05) is 18.0 Å². The van der Waals surface area contributed by atoms with Gasteiger partial charge in [-0.25, -0.2) is 13.2 Å². The number of carbonyl (C=O) groups is 1. The van der Waals surface area contributed by atoms with Gasteiger partial charge in [-0.15, -0.1) is 0 Å². The third-order valence-electron chi connectivity index (χ3n) is 7.13. The Morgan fingerprint density at radius 1 is 1.19 bits per heavy atom. The second-order valence-corrected chi connectivity index (χ2v) is 11.6. The SMILES string of the molecule is O=C(Nc1ccc(Cl)c(S(=O)(=O)C2CC3(CCC3)C2)c1O)NC1CCCc2ccoc21. The van der Waals surface area contributed by atoms with Crippen molar-refractivity contribution in [3.05, 3.63) is 40.8 Å². The number of nitrogens with one attached hydrogen (secondary N) is 2. The van der Waals surface area contributed by atoms with E-state index in [1.165, 1.54) is 12.1 Å². The average molecular weight is 465 g/mol. The number of carbonyl (C=O) groups excluding carboxylic acids is 1. The lowest BCUT2D eigenvalue weighted by Gasteiger charge is -2.53. The third-order valence-corrected chi connectivity index (χ3v) is 9.75. The van der Waals surface area contributed by atoms with Crippen molar-refractivity contribution in [2.45, 2.75) is 67.6 Å². The summed E-state index contributed by atoms with van der Waals surface area (Å²) in [4.78, 5) is 12.3. The molecule has 2 aromatic rings. The molecule has 0 bridgehead atoms. The van der Waals surface area contributed by atoms with Crippen LogP contribution in [0.4, 0.5) is 10.5 Å². The van der Waals surface area contributed by atoms with Gasteiger partial charge in [-0.05, 0) is 74.1 Å². The lowest BCUT2D eigenvalue weighted by atomic mass is 9.56. The van der Waals surface area contributed by atoms with Gasteiger partial charge in [0, 0.05) is 0 Å². The number of benzene rings is 1. The van der Waals surface area contributed by atoms with Crippen molar-refractivity contribution in [2.24, 2.45) is 5.41 Å². The Balaban J connectivity index is 1.33. The molecule has 3 aliphatic rings. The third kappa shape index (κ3) is 3.49. The van der Waals surface area contributed by atoms with E-state index in [1.54, 1.807) is 6.26 Å². The van der Waals surface area contributed by atoms with Crippen LogP contribution in [0.15, 0.2) is 33.8 Å². The Morgan fingerprint density at radius 3 is 2.68 bits per heavy atom. The number of hydrogen-bond acceptors (Lipinski definition) is 5. The second kappa shape index (κ2) is 7.45. The van der Waals surface area contributed by atoms with Gasteiger partial charge in [0.25, 0.3) is 0 Å². The van der Waals surface area contributed by atoms with Gasteiger partial charge in [-0.3, -0.25) is 0 Å². The standard InChI is InChI=1S/C22H25ClN2O5S/c23-15-5-6-16(24-21(27)25-17-4-1-3-13-7-10-30-19(13)17)18(26)20(15)31(28,29)14-11-22(12-14)8-2-9-22/h5-7,10,14,17,26H,1-4,8-9,11-12H2,(H2,24,25,27). The zero-order valence-electron chi connectivity index (χ0n) is 17.0. The van der Waals surface area contributed by atoms with E-state index < -0.39 is 26.9 Å². The quantitative estimate of drug-likeness (QED) is 0.555. The van der Waals surface area contributed by atoms with Crippen LogP contribution in [0.25, 0.3) is 0 Å². The van der Waals surface area contributed by atoms with Gasteiger partial charge < -0.3 is 20.2 Å². The number of fused-ring (bicyclic) bond motifs is 1. The maximum Gasteiger partial charge on any atom is 0.319 e. The monoisotopic (exact) mass is 464 g/mol. The van der Waals surface area contributed by atoms with Crippen LogP contribution in [0.3, 0.4) is 0 Å². The van der Waals surface area contributed by atoms with Crippen molar-refractivity contribution in [2.75, 3.05) is 5.32 Å². The number of sulfone groups is 1. The summed E-state index contributed by atoms with van der Waals surface area (Å²) in [5, 5.41) is 15.6. The summed E-state index contributed by atoms with van der Waals surface area (Å²) in [7, 11) is -3.80. The molecule has 3 N–H and O–H groups in total. The summed E-state index contributed by atoms with van der Waals surface area (Å²) in [5.41, 5.74) is 1.25. The van der Waals surface area contributed by atoms with E-state index >= 15 is 0 Å². The lowest BCUT2D eigenvalue weighted by Crippen LogP contribution is -2.49. The molecule has 0 aliphatic heterocycles. The number of amides is 2. The van der Waals surface area contributed by atoms with Gasteiger partial charge in [0.1, 0.15) is 10.7 Å². The fourth-order valence-electron chi connectivity index (χ4n) is 5.24. The van der Waals surface area contributed by atoms with Crippen LogP contribution >= 0.6 is 11.6 Å². The zero-order chi connectivity index (χ0) is 21.8. The molecule has 166 valence electrons. The van der Waals surface area contributed by atoms with Crippen molar-refractivity contribution in [3.63, 3.8) is 0 Å². The van der Waals surface area contributed by atoms with E-state index in [0.717, 1.165) is 49.8 Å². The number of aromatic hydroxyl groups is 1. The normalized spacial score (nSPS) is 22.3. The summed E-state index contributed by atoms with van der Waals surface area (Å²) in [5.74, 6) is 0.222. The molecule has 7 nitrogen and oxygen atoms in total. The highest BCUT2D eigenvalue weighted by Gasteiger charge is 2.53. The summed E-state index contributed by atoms with van der Waals surface area (Å²) in [6, 6.07) is 3.88. The molecule has 9 heteroatoms. The lowest BCUT2D eigenvalue weighted by molar-refractivity contribution is 0.0351. The molecule has 2 saturated carbocycles. The molecule has 1 unspecified atom stereocenters. The number of phenolic OH excluding ortho intramolecular Hbond substituents is 1. The molecule has 1 heterocycles. The molecule has 0 radical (unpaired) electrons. The van der Waals surface area contributed by atoms with Crippen molar-refractivity contribution in [3.8, 4) is 5.75 Å². The number of anilines is 1. The highest BCUT2D eigenvalue weighted by molar-refractivity contribution is 7.92. The fraction of sp³-hybridized carbons (Fsp3) is 0.500. The topological polar surface area (TPSA) is 109 Å². The van der Waals surface area contributed by atoms with Crippen LogP contribution in [0.2, 0.25) is 5.02 Å². The van der Waals surface area contributed by atoms with Crippen LogP contribution in [0.1, 0.15) is 62.3 Å². The van der Waals surface area contributed by atoms with E-state index in [1.807, 2.05) is 6.07 Å². The Kier molecular flexibility index (Phi) is 4.97. The van der Waals surface area contributed by atoms with Crippen LogP contribution in [-0.2, 0) is 16.3 Å². The van der Waals surface area contributed by atoms with E-state index in [0.29, 0.717) is 12.8 Å². The molecule has 5 rings (SSSR count). The van der Waals surface area contributed by atoms with Gasteiger partial charge in [0.2, 0.25) is 0 Å². The van der Waals surface area contributed by atoms with E-state index in [4.69, 9.17) is 16.0 Å². The van der Waals surface area contributed by atoms with Crippen LogP contribution < -0.4 is 10.6 Å². The molecule has 1 aromatic heterocycles. The molecule has 1 atom stereocenters. The first kappa shape index (κ1) is 20.7. The maximum atomic E-state index is 13.2. The molecule has 3 aliphatic carbocycles. The highest BCUT2D eigenvalue weighted by atomic mass is 35.5. The number of halogens is 1. The first-order valence-corrected chi connectivity index (χ1v) is 12.6. The Bertz CT molecular complexity index is 1130. The van der Waals surface area contributed by atoms with E-state index in [2.05, 4.69) is 10.6 Å². The predicted molar refractivity (Wildman–Crippen MR) is 116 cm³/mol. The first-order chi connectivity index (χ1) is 14.8. The number of rotatable bonds is 4. The Hall–Kier alpha value is -2.19. The van der Waals surface area contributed by atoms with Crippen molar-refractivity contribution in [1.29, 1.82) is 0 Å². The van der Waals surface area contributed by atoms with Crippen molar-refractivity contribution in [1.82, 2.24) is 5.32 Å². The van der Waals surface area contributed by atoms with Crippen LogP contribution in [-0.4, -0.2) is 24.8 Å². The number of aryl methyl sites for hydroxylation is 1. The number of furan rings is 1. The molecular formula is C22H25ClN2O5S. The van der Waals surface area contributed by atoms with E-state index in [-0.39, 0.29) is 27.1 Å². The molecule has 2 fully saturated rings. The summed E-state index contributed by atoms with van der Waals surface area (Å²) >= 11 is 6.19. The van der Waals surface area contributed by atoms with Gasteiger partial charge in [0.05, 0.1) is 28.3 Å². The molecule has 31 heavy (non-hydrogen) atoms. The summed E-state index contributed by atoms with van der Waals surface area (Å²) < 4.78 is 31.8. The van der Waals surface area contributed by atoms with Crippen molar-refractivity contribution >= 4 is 33.2 Å². The van der Waals surface area contributed by atoms with Gasteiger partial charge in [-0.2, -0.15) is 0 Å². The minimum absolute atomic E-state index is 0.00799. The number of urea groups is 1. The molecular weight excluding hydrogens is 440 g/mol. The molecule has 0 saturated heterocycles. The van der Waals surface area contributed by atoms with Gasteiger partial charge in [0.15, 0.2) is 15.6 Å². The Labute approximate surface area is 186 Å². The van der Waals surface area contributed by atoms with E-state index in [9.17, 15) is 18.3 Å². The number of hydrogen-bond donors (Lipinski definition) is 3. The maximum absolute atomic E-state index is 13.2. The second-order valence-electron chi connectivity index (χ2n) is 9.05. The largest absolute Gasteiger partial charge is 0.504 e. The first-order valence-electron chi connectivity index (χ1n) is 10.7. The summed E-state index contributed by atoms with van der Waals surface area (Å²) in [6.07, 6.45) is 8.68. The number of phenols is 1. The van der Waals surface area contributed by atoms with Crippen LogP contribution in [0, 0.1) is 5.41 Å². The molecule has 1 aromatic carbocycles. The smallest absolute Gasteiger partial charge is 0.319 e. The molecule has 2 amide bonds. The van der Waals surface area contributed by atoms with Crippen molar-refractivity contribution < 1.29 is 22.7 Å². The molecule has 1 spiro atoms. The predicted octanol–water partition coefficient (Wildman–Crippen LogP) is 4.94. The average Bonchev–Trinajstić information content (AvgIpc) is 3.11. The highest BCUT2D eigenvalue weighted by Crippen LogP contribution is 2.59. The minimum atomic E-state index is -3.80.